The summed E-state index contributed by atoms with van der Waals surface area (Å²) in [5.41, 5.74) is -1.27. The molecule has 0 saturated carbocycles. The first-order valence-corrected chi connectivity index (χ1v) is 6.28. The van der Waals surface area contributed by atoms with Gasteiger partial charge in [-0.3, -0.25) is 4.79 Å². The molecule has 1 fully saturated rings. The van der Waals surface area contributed by atoms with Crippen LogP contribution in [-0.2, 0) is 11.8 Å². The summed E-state index contributed by atoms with van der Waals surface area (Å²) in [5, 5.41) is 19.2. The number of aliphatic carboxylic acids is 1. The lowest BCUT2D eigenvalue weighted by Crippen LogP contribution is -2.51. The highest BCUT2D eigenvalue weighted by Crippen LogP contribution is 2.24. The standard InChI is InChI=1S/C12H15ClN2O4/c1-14-7-8(13)6-9(14)10(16)15-4-2-12(19,3-5-15)11(17)18/h6-7,19H,2-5H2,1H3,(H,17,18). The predicted octanol–water partition coefficient (Wildman–Crippen LogP) is 0.730. The van der Waals surface area contributed by atoms with E-state index >= 15 is 0 Å². The number of carbonyl (C=O) groups is 2. The Bertz CT molecular complexity index is 518. The van der Waals surface area contributed by atoms with Gasteiger partial charge in [0.1, 0.15) is 5.69 Å². The van der Waals surface area contributed by atoms with Crippen LogP contribution in [0.5, 0.6) is 0 Å². The quantitative estimate of drug-likeness (QED) is 0.840. The van der Waals surface area contributed by atoms with Crippen LogP contribution in [0.1, 0.15) is 23.3 Å². The first-order chi connectivity index (χ1) is 8.83. The van der Waals surface area contributed by atoms with Crippen molar-refractivity contribution in [3.05, 3.63) is 23.0 Å². The molecule has 6 nitrogen and oxygen atoms in total. The van der Waals surface area contributed by atoms with Gasteiger partial charge in [0.2, 0.25) is 0 Å². The van der Waals surface area contributed by atoms with Crippen molar-refractivity contribution in [1.29, 1.82) is 0 Å². The van der Waals surface area contributed by atoms with Gasteiger partial charge in [-0.15, -0.1) is 0 Å². The Morgan fingerprint density at radius 2 is 1.95 bits per heavy atom. The fourth-order valence-electron chi connectivity index (χ4n) is 2.19. The van der Waals surface area contributed by atoms with Gasteiger partial charge in [-0.2, -0.15) is 0 Å². The monoisotopic (exact) mass is 286 g/mol. The van der Waals surface area contributed by atoms with Gasteiger partial charge >= 0.3 is 5.97 Å². The van der Waals surface area contributed by atoms with Crippen molar-refractivity contribution in [1.82, 2.24) is 9.47 Å². The van der Waals surface area contributed by atoms with E-state index in [0.29, 0.717) is 10.7 Å². The molecule has 1 aromatic rings. The van der Waals surface area contributed by atoms with Crippen molar-refractivity contribution in [3.63, 3.8) is 0 Å². The zero-order valence-corrected chi connectivity index (χ0v) is 11.2. The van der Waals surface area contributed by atoms with Crippen LogP contribution < -0.4 is 0 Å². The smallest absolute Gasteiger partial charge is 0.335 e. The summed E-state index contributed by atoms with van der Waals surface area (Å²) < 4.78 is 1.63. The van der Waals surface area contributed by atoms with Gasteiger partial charge < -0.3 is 19.7 Å². The van der Waals surface area contributed by atoms with Crippen LogP contribution in [0.2, 0.25) is 5.02 Å². The zero-order chi connectivity index (χ0) is 14.2. The van der Waals surface area contributed by atoms with E-state index in [-0.39, 0.29) is 31.8 Å². The van der Waals surface area contributed by atoms with Gasteiger partial charge in [0.05, 0.1) is 5.02 Å². The third kappa shape index (κ3) is 2.59. The SMILES string of the molecule is Cn1cc(Cl)cc1C(=O)N1CCC(O)(C(=O)O)CC1. The number of nitrogens with zero attached hydrogens (tertiary/aromatic N) is 2. The van der Waals surface area contributed by atoms with Gasteiger partial charge in [-0.25, -0.2) is 4.79 Å². The number of piperidine rings is 1. The number of carbonyl (C=O) groups excluding carboxylic acids is 1. The van der Waals surface area contributed by atoms with Crippen molar-refractivity contribution in [2.75, 3.05) is 13.1 Å². The minimum atomic E-state index is -1.72. The van der Waals surface area contributed by atoms with Crippen molar-refractivity contribution < 1.29 is 19.8 Å². The van der Waals surface area contributed by atoms with Crippen molar-refractivity contribution in [2.45, 2.75) is 18.4 Å². The highest BCUT2D eigenvalue weighted by molar-refractivity contribution is 6.31. The van der Waals surface area contributed by atoms with Crippen molar-refractivity contribution >= 4 is 23.5 Å². The molecule has 2 heterocycles. The zero-order valence-electron chi connectivity index (χ0n) is 10.5. The van der Waals surface area contributed by atoms with Gasteiger partial charge in [0, 0.05) is 39.2 Å². The molecular weight excluding hydrogens is 272 g/mol. The van der Waals surface area contributed by atoms with Crippen LogP contribution in [0.4, 0.5) is 0 Å². The number of likely N-dealkylation sites (tertiary alicyclic amines) is 1. The van der Waals surface area contributed by atoms with Crippen LogP contribution in [0.3, 0.4) is 0 Å². The van der Waals surface area contributed by atoms with Crippen molar-refractivity contribution in [2.24, 2.45) is 7.05 Å². The minimum absolute atomic E-state index is 0.0340. The third-order valence-corrected chi connectivity index (χ3v) is 3.67. The molecule has 0 unspecified atom stereocenters. The van der Waals surface area contributed by atoms with E-state index in [1.807, 2.05) is 0 Å². The number of hydrogen-bond acceptors (Lipinski definition) is 3. The summed E-state index contributed by atoms with van der Waals surface area (Å²) in [6.45, 7) is 0.425. The maximum absolute atomic E-state index is 12.2. The lowest BCUT2D eigenvalue weighted by atomic mass is 9.91. The molecule has 104 valence electrons. The maximum atomic E-state index is 12.2. The Kier molecular flexibility index (Phi) is 3.56. The number of halogens is 1. The summed E-state index contributed by atoms with van der Waals surface area (Å²) in [6.07, 6.45) is 1.70. The fraction of sp³-hybridized carbons (Fsp3) is 0.500. The fourth-order valence-corrected chi connectivity index (χ4v) is 2.44. The largest absolute Gasteiger partial charge is 0.479 e. The molecule has 1 amide bonds. The van der Waals surface area contributed by atoms with E-state index in [9.17, 15) is 14.7 Å². The first kappa shape index (κ1) is 13.9. The Morgan fingerprint density at radius 1 is 1.37 bits per heavy atom. The summed E-state index contributed by atoms with van der Waals surface area (Å²) in [7, 11) is 1.72. The average molecular weight is 287 g/mol. The summed E-state index contributed by atoms with van der Waals surface area (Å²) >= 11 is 5.83. The molecule has 2 rings (SSSR count). The van der Waals surface area contributed by atoms with Gasteiger partial charge in [-0.1, -0.05) is 11.6 Å². The molecule has 0 aliphatic carbocycles. The molecule has 1 aromatic heterocycles. The van der Waals surface area contributed by atoms with Crippen LogP contribution in [0.15, 0.2) is 12.3 Å². The number of carboxylic acid groups (broad SMARTS) is 1. The van der Waals surface area contributed by atoms with E-state index in [2.05, 4.69) is 0 Å². The lowest BCUT2D eigenvalue weighted by molar-refractivity contribution is -0.162. The first-order valence-electron chi connectivity index (χ1n) is 5.90. The van der Waals surface area contributed by atoms with Gasteiger partial charge in [-0.05, 0) is 6.07 Å². The number of carboxylic acids is 1. The summed E-state index contributed by atoms with van der Waals surface area (Å²) in [4.78, 5) is 24.7. The van der Waals surface area contributed by atoms with E-state index < -0.39 is 11.6 Å². The third-order valence-electron chi connectivity index (χ3n) is 3.47. The van der Waals surface area contributed by atoms with Crippen LogP contribution in [0.25, 0.3) is 0 Å². The Hall–Kier alpha value is -1.53. The number of hydrogen-bond donors (Lipinski definition) is 2. The Morgan fingerprint density at radius 3 is 2.37 bits per heavy atom. The summed E-state index contributed by atoms with van der Waals surface area (Å²) in [6, 6.07) is 1.57. The summed E-state index contributed by atoms with van der Waals surface area (Å²) in [5.74, 6) is -1.44. The molecule has 0 radical (unpaired) electrons. The molecule has 0 atom stereocenters. The molecule has 0 bridgehead atoms. The van der Waals surface area contributed by atoms with E-state index in [0.717, 1.165) is 0 Å². The number of aliphatic hydroxyl groups is 1. The van der Waals surface area contributed by atoms with Crippen LogP contribution >= 0.6 is 11.6 Å². The highest BCUT2D eigenvalue weighted by atomic mass is 35.5. The normalized spacial score (nSPS) is 18.4. The second-order valence-electron chi connectivity index (χ2n) is 4.78. The Labute approximate surface area is 115 Å². The van der Waals surface area contributed by atoms with E-state index in [1.54, 1.807) is 23.9 Å². The molecule has 1 saturated heterocycles. The Balaban J connectivity index is 2.08. The number of aryl methyl sites for hydroxylation is 1. The second-order valence-corrected chi connectivity index (χ2v) is 5.22. The molecule has 1 aliphatic rings. The maximum Gasteiger partial charge on any atom is 0.335 e. The second kappa shape index (κ2) is 4.86. The molecule has 19 heavy (non-hydrogen) atoms. The molecule has 2 N–H and O–H groups in total. The topological polar surface area (TPSA) is 82.8 Å². The van der Waals surface area contributed by atoms with E-state index in [4.69, 9.17) is 16.7 Å². The average Bonchev–Trinajstić information content (AvgIpc) is 2.68. The van der Waals surface area contributed by atoms with Crippen molar-refractivity contribution in [3.8, 4) is 0 Å². The molecule has 7 heteroatoms. The lowest BCUT2D eigenvalue weighted by Gasteiger charge is -2.35. The number of rotatable bonds is 2. The van der Waals surface area contributed by atoms with Gasteiger partial charge in [0.25, 0.3) is 5.91 Å². The highest BCUT2D eigenvalue weighted by Gasteiger charge is 2.40. The molecule has 1 aliphatic heterocycles. The van der Waals surface area contributed by atoms with Crippen LogP contribution in [-0.4, -0.2) is 50.2 Å². The number of aromatic nitrogens is 1. The van der Waals surface area contributed by atoms with E-state index in [1.165, 1.54) is 4.90 Å². The predicted molar refractivity (Wildman–Crippen MR) is 68.1 cm³/mol. The minimum Gasteiger partial charge on any atom is -0.479 e. The molecule has 0 aromatic carbocycles. The molecular formula is C12H15ClN2O4. The van der Waals surface area contributed by atoms with Gasteiger partial charge in [0.15, 0.2) is 5.60 Å². The number of amides is 1. The molecule has 0 spiro atoms. The van der Waals surface area contributed by atoms with Crippen LogP contribution in [0, 0.1) is 0 Å².